The summed E-state index contributed by atoms with van der Waals surface area (Å²) in [7, 11) is 1.40. The number of benzene rings is 1. The number of aryl methyl sites for hydroxylation is 2. The lowest BCUT2D eigenvalue weighted by Gasteiger charge is -2.32. The van der Waals surface area contributed by atoms with Crippen molar-refractivity contribution in [2.24, 2.45) is 5.41 Å². The van der Waals surface area contributed by atoms with Crippen molar-refractivity contribution < 1.29 is 28.5 Å². The number of aromatic nitrogens is 2. The number of aromatic carboxylic acids is 1. The molecule has 0 aliphatic carbocycles. The van der Waals surface area contributed by atoms with Gasteiger partial charge in [0.2, 0.25) is 11.3 Å². The topological polar surface area (TPSA) is 102 Å². The lowest BCUT2D eigenvalue weighted by atomic mass is 9.86. The molecule has 3 aromatic rings. The standard InChI is InChI=1S/C24H26F2N2O5/c1-24(2,3)19(12-29)28-11-17(23(31)32)20(30)16-9-14(22(33-4)27-21(16)28)6-5-13-7-8-15(25)10-18(13)26/h7-11,19,29H,5-6,12H2,1-4H3,(H,31,32)/t19-/m1/s1. The van der Waals surface area contributed by atoms with Crippen molar-refractivity contribution in [3.05, 3.63) is 69.0 Å². The number of carbonyl (C=O) groups is 1. The average Bonchev–Trinajstić information content (AvgIpc) is 2.73. The van der Waals surface area contributed by atoms with Gasteiger partial charge in [0.15, 0.2) is 0 Å². The molecule has 0 spiro atoms. The number of pyridine rings is 2. The van der Waals surface area contributed by atoms with Crippen molar-refractivity contribution >= 4 is 17.0 Å². The van der Waals surface area contributed by atoms with E-state index in [1.165, 1.54) is 30.0 Å². The normalized spacial score (nSPS) is 12.7. The van der Waals surface area contributed by atoms with Gasteiger partial charge in [-0.1, -0.05) is 26.8 Å². The van der Waals surface area contributed by atoms with Gasteiger partial charge in [-0.2, -0.15) is 4.98 Å². The van der Waals surface area contributed by atoms with Crippen LogP contribution in [0, 0.1) is 17.0 Å². The van der Waals surface area contributed by atoms with E-state index in [1.54, 1.807) is 0 Å². The molecule has 33 heavy (non-hydrogen) atoms. The fourth-order valence-electron chi connectivity index (χ4n) is 3.82. The molecule has 0 saturated carbocycles. The van der Waals surface area contributed by atoms with Gasteiger partial charge >= 0.3 is 5.97 Å². The minimum atomic E-state index is -1.40. The number of ether oxygens (including phenoxy) is 1. The van der Waals surface area contributed by atoms with Gasteiger partial charge in [0.1, 0.15) is 22.8 Å². The van der Waals surface area contributed by atoms with Crippen molar-refractivity contribution in [1.82, 2.24) is 9.55 Å². The molecule has 1 aromatic carbocycles. The second-order valence-electron chi connectivity index (χ2n) is 8.91. The van der Waals surface area contributed by atoms with Crippen LogP contribution in [0.4, 0.5) is 8.78 Å². The third-order valence-corrected chi connectivity index (χ3v) is 5.65. The molecule has 0 amide bonds. The van der Waals surface area contributed by atoms with E-state index < -0.39 is 40.1 Å². The number of carboxylic acids is 1. The van der Waals surface area contributed by atoms with Crippen LogP contribution >= 0.6 is 0 Å². The first kappa shape index (κ1) is 24.3. The average molecular weight is 460 g/mol. The number of fused-ring (bicyclic) bond motifs is 1. The monoisotopic (exact) mass is 460 g/mol. The number of hydrogen-bond donors (Lipinski definition) is 2. The Balaban J connectivity index is 2.20. The van der Waals surface area contributed by atoms with Crippen molar-refractivity contribution in [3.63, 3.8) is 0 Å². The van der Waals surface area contributed by atoms with Gasteiger partial charge in [-0.15, -0.1) is 0 Å². The maximum Gasteiger partial charge on any atom is 0.341 e. The summed E-state index contributed by atoms with van der Waals surface area (Å²) in [5, 5.41) is 19.7. The molecule has 9 heteroatoms. The highest BCUT2D eigenvalue weighted by molar-refractivity contribution is 5.92. The summed E-state index contributed by atoms with van der Waals surface area (Å²) in [6.07, 6.45) is 1.59. The fourth-order valence-corrected chi connectivity index (χ4v) is 3.82. The largest absolute Gasteiger partial charge is 0.481 e. The maximum atomic E-state index is 14.1. The molecule has 1 atom stereocenters. The molecular formula is C24H26F2N2O5. The summed E-state index contributed by atoms with van der Waals surface area (Å²) in [6.45, 7) is 5.32. The van der Waals surface area contributed by atoms with E-state index in [-0.39, 0.29) is 41.9 Å². The van der Waals surface area contributed by atoms with Gasteiger partial charge in [0, 0.05) is 17.8 Å². The van der Waals surface area contributed by atoms with Crippen molar-refractivity contribution in [2.75, 3.05) is 13.7 Å². The van der Waals surface area contributed by atoms with Crippen LogP contribution in [0.15, 0.2) is 35.3 Å². The summed E-state index contributed by atoms with van der Waals surface area (Å²) < 4.78 is 34.1. The first-order chi connectivity index (χ1) is 15.5. The molecule has 0 aliphatic rings. The van der Waals surface area contributed by atoms with Gasteiger partial charge in [-0.3, -0.25) is 4.79 Å². The van der Waals surface area contributed by atoms with Gasteiger partial charge in [-0.25, -0.2) is 13.6 Å². The summed E-state index contributed by atoms with van der Waals surface area (Å²) >= 11 is 0. The van der Waals surface area contributed by atoms with Crippen LogP contribution in [0.2, 0.25) is 0 Å². The highest BCUT2D eigenvalue weighted by atomic mass is 19.1. The molecule has 176 valence electrons. The summed E-state index contributed by atoms with van der Waals surface area (Å²) in [5.41, 5.74) is -0.733. The summed E-state index contributed by atoms with van der Waals surface area (Å²) in [4.78, 5) is 29.2. The predicted octanol–water partition coefficient (Wildman–Crippen LogP) is 3.75. The Morgan fingerprint density at radius 2 is 1.85 bits per heavy atom. The minimum absolute atomic E-state index is 0.0491. The molecule has 3 rings (SSSR count). The van der Waals surface area contributed by atoms with Crippen LogP contribution in [0.3, 0.4) is 0 Å². The van der Waals surface area contributed by atoms with Gasteiger partial charge in [-0.05, 0) is 36.0 Å². The highest BCUT2D eigenvalue weighted by Crippen LogP contribution is 2.33. The Morgan fingerprint density at radius 3 is 2.39 bits per heavy atom. The van der Waals surface area contributed by atoms with Crippen molar-refractivity contribution in [3.8, 4) is 5.88 Å². The number of carboxylic acid groups (broad SMARTS) is 1. The zero-order valence-electron chi connectivity index (χ0n) is 18.9. The molecule has 0 unspecified atom stereocenters. The van der Waals surface area contributed by atoms with Crippen LogP contribution in [-0.2, 0) is 12.8 Å². The Morgan fingerprint density at radius 1 is 1.18 bits per heavy atom. The van der Waals surface area contributed by atoms with Crippen LogP contribution in [0.25, 0.3) is 11.0 Å². The van der Waals surface area contributed by atoms with Crippen LogP contribution in [0.1, 0.15) is 48.3 Å². The van der Waals surface area contributed by atoms with E-state index in [4.69, 9.17) is 4.74 Å². The van der Waals surface area contributed by atoms with Crippen LogP contribution in [-0.4, -0.2) is 39.5 Å². The Hall–Kier alpha value is -3.33. The molecule has 0 saturated heterocycles. The first-order valence-electron chi connectivity index (χ1n) is 10.4. The number of aliphatic hydroxyl groups is 1. The SMILES string of the molecule is COc1nc2c(cc1CCc1ccc(F)cc1F)c(=O)c(C(=O)O)cn2[C@H](CO)C(C)(C)C. The molecule has 2 heterocycles. The Labute approximate surface area is 189 Å². The molecule has 0 fully saturated rings. The number of halogens is 2. The van der Waals surface area contributed by atoms with E-state index in [2.05, 4.69) is 4.98 Å². The molecular weight excluding hydrogens is 434 g/mol. The number of hydrogen-bond acceptors (Lipinski definition) is 5. The van der Waals surface area contributed by atoms with E-state index in [1.807, 2.05) is 20.8 Å². The molecule has 2 N–H and O–H groups in total. The predicted molar refractivity (Wildman–Crippen MR) is 119 cm³/mol. The van der Waals surface area contributed by atoms with E-state index in [0.717, 1.165) is 12.1 Å². The second kappa shape index (κ2) is 9.27. The second-order valence-corrected chi connectivity index (χ2v) is 8.91. The Kier molecular flexibility index (Phi) is 6.83. The summed E-state index contributed by atoms with van der Waals surface area (Å²) in [6, 6.07) is 4.22. The number of rotatable bonds is 7. The van der Waals surface area contributed by atoms with Crippen molar-refractivity contribution in [1.29, 1.82) is 0 Å². The van der Waals surface area contributed by atoms with Gasteiger partial charge in [0.25, 0.3) is 0 Å². The summed E-state index contributed by atoms with van der Waals surface area (Å²) in [5.74, 6) is -2.58. The zero-order valence-corrected chi connectivity index (χ0v) is 18.9. The first-order valence-corrected chi connectivity index (χ1v) is 10.4. The van der Waals surface area contributed by atoms with E-state index >= 15 is 0 Å². The number of methoxy groups -OCH3 is 1. The van der Waals surface area contributed by atoms with Crippen LogP contribution < -0.4 is 10.2 Å². The maximum absolute atomic E-state index is 14.1. The van der Waals surface area contributed by atoms with Crippen LogP contribution in [0.5, 0.6) is 5.88 Å². The van der Waals surface area contributed by atoms with Gasteiger partial charge in [0.05, 0.1) is 25.1 Å². The fraction of sp³-hybridized carbons (Fsp3) is 0.375. The third kappa shape index (κ3) is 4.88. The van der Waals surface area contributed by atoms with Crippen molar-refractivity contribution in [2.45, 2.75) is 39.7 Å². The lowest BCUT2D eigenvalue weighted by Crippen LogP contribution is -2.31. The van der Waals surface area contributed by atoms with E-state index in [9.17, 15) is 28.6 Å². The minimum Gasteiger partial charge on any atom is -0.481 e. The molecule has 2 aromatic heterocycles. The lowest BCUT2D eigenvalue weighted by molar-refractivity contribution is 0.0692. The third-order valence-electron chi connectivity index (χ3n) is 5.65. The zero-order chi connectivity index (χ0) is 24.5. The smallest absolute Gasteiger partial charge is 0.341 e. The molecule has 0 aliphatic heterocycles. The quantitative estimate of drug-likeness (QED) is 0.557. The van der Waals surface area contributed by atoms with E-state index in [0.29, 0.717) is 5.56 Å². The number of aliphatic hydroxyl groups excluding tert-OH is 1. The Bertz CT molecular complexity index is 1260. The molecule has 0 bridgehead atoms. The number of nitrogens with zero attached hydrogens (tertiary/aromatic N) is 2. The molecule has 0 radical (unpaired) electrons. The highest BCUT2D eigenvalue weighted by Gasteiger charge is 2.29. The van der Waals surface area contributed by atoms with Gasteiger partial charge < -0.3 is 19.5 Å². The molecule has 7 nitrogen and oxygen atoms in total.